The number of carbonyl (C=O) groups excluding carboxylic acids is 3. The number of hydrogen-bond acceptors (Lipinski definition) is 3. The predicted molar refractivity (Wildman–Crippen MR) is 82.2 cm³/mol. The van der Waals surface area contributed by atoms with Crippen LogP contribution in [0.5, 0.6) is 0 Å². The molecule has 0 bridgehead atoms. The van der Waals surface area contributed by atoms with Gasteiger partial charge in [-0.15, -0.1) is 0 Å². The maximum atomic E-state index is 13.0. The second-order valence-corrected chi connectivity index (χ2v) is 5.72. The summed E-state index contributed by atoms with van der Waals surface area (Å²) in [5, 5.41) is 0. The van der Waals surface area contributed by atoms with Gasteiger partial charge in [0.1, 0.15) is 11.9 Å². The average Bonchev–Trinajstić information content (AvgIpc) is 2.53. The molecule has 2 rings (SSSR count). The molecule has 3 amide bonds. The largest absolute Gasteiger partial charge is 0.347 e. The lowest BCUT2D eigenvalue weighted by Gasteiger charge is -2.41. The first-order valence-electron chi connectivity index (χ1n) is 7.34. The number of likely N-dealkylation sites (N-methyl/N-ethyl adjacent to an activating group) is 1. The molecule has 0 aromatic heterocycles. The van der Waals surface area contributed by atoms with Gasteiger partial charge in [-0.1, -0.05) is 0 Å². The molecule has 1 heterocycles. The van der Waals surface area contributed by atoms with E-state index in [9.17, 15) is 18.8 Å². The molecule has 1 fully saturated rings. The molecule has 0 spiro atoms. The van der Waals surface area contributed by atoms with Crippen molar-refractivity contribution in [2.75, 3.05) is 33.7 Å². The van der Waals surface area contributed by atoms with E-state index in [1.807, 2.05) is 0 Å². The number of carbonyl (C=O) groups is 3. The van der Waals surface area contributed by atoms with Crippen molar-refractivity contribution < 1.29 is 18.8 Å². The van der Waals surface area contributed by atoms with Gasteiger partial charge < -0.3 is 14.7 Å². The van der Waals surface area contributed by atoms with Crippen molar-refractivity contribution in [1.82, 2.24) is 14.7 Å². The van der Waals surface area contributed by atoms with Crippen LogP contribution in [-0.4, -0.2) is 72.2 Å². The van der Waals surface area contributed by atoms with Gasteiger partial charge in [-0.2, -0.15) is 0 Å². The van der Waals surface area contributed by atoms with Crippen LogP contribution in [0.1, 0.15) is 17.3 Å². The minimum absolute atomic E-state index is 0.132. The summed E-state index contributed by atoms with van der Waals surface area (Å²) in [5.41, 5.74) is 0.360. The monoisotopic (exact) mass is 321 g/mol. The Hall–Kier alpha value is -2.44. The first kappa shape index (κ1) is 16.9. The van der Waals surface area contributed by atoms with E-state index in [4.69, 9.17) is 0 Å². The molecule has 0 saturated carbocycles. The zero-order valence-electron chi connectivity index (χ0n) is 13.5. The highest BCUT2D eigenvalue weighted by atomic mass is 19.1. The van der Waals surface area contributed by atoms with Crippen molar-refractivity contribution in [3.63, 3.8) is 0 Å². The van der Waals surface area contributed by atoms with Crippen LogP contribution in [0.4, 0.5) is 4.39 Å². The summed E-state index contributed by atoms with van der Waals surface area (Å²) in [6, 6.07) is 4.58. The molecular formula is C16H20FN3O3. The quantitative estimate of drug-likeness (QED) is 0.801. The molecule has 124 valence electrons. The molecule has 23 heavy (non-hydrogen) atoms. The van der Waals surface area contributed by atoms with E-state index in [-0.39, 0.29) is 24.3 Å². The molecule has 0 N–H and O–H groups in total. The van der Waals surface area contributed by atoms with Crippen LogP contribution in [0.25, 0.3) is 0 Å². The highest BCUT2D eigenvalue weighted by Crippen LogP contribution is 2.15. The fourth-order valence-electron chi connectivity index (χ4n) is 2.63. The van der Waals surface area contributed by atoms with Gasteiger partial charge in [0.25, 0.3) is 5.91 Å². The normalized spacial score (nSPS) is 17.8. The van der Waals surface area contributed by atoms with Gasteiger partial charge in [0.15, 0.2) is 0 Å². The molecule has 1 aliphatic rings. The number of rotatable bonds is 2. The van der Waals surface area contributed by atoms with Crippen molar-refractivity contribution in [2.24, 2.45) is 0 Å². The first-order valence-corrected chi connectivity index (χ1v) is 7.34. The minimum atomic E-state index is -0.694. The van der Waals surface area contributed by atoms with Gasteiger partial charge >= 0.3 is 0 Å². The summed E-state index contributed by atoms with van der Waals surface area (Å²) < 4.78 is 13.0. The van der Waals surface area contributed by atoms with Crippen molar-refractivity contribution in [2.45, 2.75) is 13.0 Å². The van der Waals surface area contributed by atoms with E-state index in [1.165, 1.54) is 45.9 Å². The molecule has 7 heteroatoms. The van der Waals surface area contributed by atoms with Crippen molar-refractivity contribution in [3.8, 4) is 0 Å². The second kappa shape index (κ2) is 6.76. The van der Waals surface area contributed by atoms with Crippen LogP contribution >= 0.6 is 0 Å². The fraction of sp³-hybridized carbons (Fsp3) is 0.438. The Bertz CT molecular complexity index is 616. The Labute approximate surface area is 134 Å². The van der Waals surface area contributed by atoms with Gasteiger partial charge in [0.2, 0.25) is 11.8 Å². The van der Waals surface area contributed by atoms with Gasteiger partial charge in [0.05, 0.1) is 6.54 Å². The molecule has 1 aromatic carbocycles. The maximum absolute atomic E-state index is 13.0. The summed E-state index contributed by atoms with van der Waals surface area (Å²) in [5.74, 6) is -1.11. The fourth-order valence-corrected chi connectivity index (χ4v) is 2.63. The van der Waals surface area contributed by atoms with Crippen LogP contribution in [-0.2, 0) is 9.59 Å². The molecule has 0 aliphatic carbocycles. The van der Waals surface area contributed by atoms with E-state index < -0.39 is 11.9 Å². The number of amides is 3. The maximum Gasteiger partial charge on any atom is 0.254 e. The topological polar surface area (TPSA) is 60.9 Å². The molecule has 1 atom stereocenters. The molecular weight excluding hydrogens is 301 g/mol. The van der Waals surface area contributed by atoms with Crippen LogP contribution in [0.3, 0.4) is 0 Å². The van der Waals surface area contributed by atoms with E-state index in [0.29, 0.717) is 18.7 Å². The van der Waals surface area contributed by atoms with E-state index in [0.717, 1.165) is 0 Å². The number of nitrogens with zero attached hydrogens (tertiary/aromatic N) is 3. The summed E-state index contributed by atoms with van der Waals surface area (Å²) in [7, 11) is 3.22. The Balaban J connectivity index is 2.19. The lowest BCUT2D eigenvalue weighted by molar-refractivity contribution is -0.146. The van der Waals surface area contributed by atoms with Crippen LogP contribution in [0.2, 0.25) is 0 Å². The molecule has 1 aliphatic heterocycles. The first-order chi connectivity index (χ1) is 10.8. The Morgan fingerprint density at radius 3 is 2.26 bits per heavy atom. The minimum Gasteiger partial charge on any atom is -0.347 e. The van der Waals surface area contributed by atoms with Crippen molar-refractivity contribution in [1.29, 1.82) is 0 Å². The summed E-state index contributed by atoms with van der Waals surface area (Å²) in [6.45, 7) is 2.18. The number of halogens is 1. The molecule has 0 unspecified atom stereocenters. The number of piperazine rings is 1. The van der Waals surface area contributed by atoms with Gasteiger partial charge in [-0.3, -0.25) is 14.4 Å². The van der Waals surface area contributed by atoms with E-state index in [2.05, 4.69) is 0 Å². The SMILES string of the molecule is CC(=O)N1CCN(C(=O)c2ccc(F)cc2)C[C@H]1C(=O)N(C)C. The third-order valence-electron chi connectivity index (χ3n) is 3.89. The van der Waals surface area contributed by atoms with Gasteiger partial charge in [0, 0.05) is 39.7 Å². The van der Waals surface area contributed by atoms with E-state index >= 15 is 0 Å². The average molecular weight is 321 g/mol. The van der Waals surface area contributed by atoms with Crippen LogP contribution in [0.15, 0.2) is 24.3 Å². The highest BCUT2D eigenvalue weighted by Gasteiger charge is 2.36. The molecule has 6 nitrogen and oxygen atoms in total. The lowest BCUT2D eigenvalue weighted by atomic mass is 10.1. The third kappa shape index (κ3) is 3.67. The van der Waals surface area contributed by atoms with Crippen LogP contribution < -0.4 is 0 Å². The smallest absolute Gasteiger partial charge is 0.254 e. The summed E-state index contributed by atoms with van der Waals surface area (Å²) in [4.78, 5) is 41.0. The predicted octanol–water partition coefficient (Wildman–Crippen LogP) is 0.587. The number of hydrogen-bond donors (Lipinski definition) is 0. The van der Waals surface area contributed by atoms with Gasteiger partial charge in [-0.25, -0.2) is 4.39 Å². The van der Waals surface area contributed by atoms with Crippen molar-refractivity contribution >= 4 is 17.7 Å². The highest BCUT2D eigenvalue weighted by molar-refractivity contribution is 5.95. The Morgan fingerprint density at radius 2 is 1.74 bits per heavy atom. The lowest BCUT2D eigenvalue weighted by Crippen LogP contribution is -2.61. The summed E-state index contributed by atoms with van der Waals surface area (Å²) >= 11 is 0. The standard InChI is InChI=1S/C16H20FN3O3/c1-11(21)20-9-8-19(10-14(20)16(23)18(2)3)15(22)12-4-6-13(17)7-5-12/h4-7,14H,8-10H2,1-3H3/t14-/m0/s1. The zero-order chi connectivity index (χ0) is 17.1. The second-order valence-electron chi connectivity index (χ2n) is 5.72. The zero-order valence-corrected chi connectivity index (χ0v) is 13.5. The third-order valence-corrected chi connectivity index (χ3v) is 3.89. The van der Waals surface area contributed by atoms with Crippen LogP contribution in [0, 0.1) is 5.82 Å². The van der Waals surface area contributed by atoms with Gasteiger partial charge in [-0.05, 0) is 24.3 Å². The Kier molecular flexibility index (Phi) is 4.98. The van der Waals surface area contributed by atoms with Crippen molar-refractivity contribution in [3.05, 3.63) is 35.6 Å². The summed E-state index contributed by atoms with van der Waals surface area (Å²) in [6.07, 6.45) is 0. The number of benzene rings is 1. The molecule has 1 aromatic rings. The molecule has 0 radical (unpaired) electrons. The molecule has 1 saturated heterocycles. The Morgan fingerprint density at radius 1 is 1.13 bits per heavy atom. The van der Waals surface area contributed by atoms with E-state index in [1.54, 1.807) is 14.1 Å².